The van der Waals surface area contributed by atoms with Crippen LogP contribution >= 0.6 is 0 Å². The molecule has 4 rings (SSSR count). The monoisotopic (exact) mass is 568 g/mol. The average Bonchev–Trinajstić information content (AvgIpc) is 3.01. The number of hydrogen-bond acceptors (Lipinski definition) is 9. The van der Waals surface area contributed by atoms with Crippen LogP contribution in [0.1, 0.15) is 33.1 Å². The van der Waals surface area contributed by atoms with Crippen LogP contribution in [0, 0.1) is 0 Å². The molecule has 0 saturated carbocycles. The largest absolute Gasteiger partial charge is 0.390 e. The first-order valence-corrected chi connectivity index (χ1v) is 13.8. The second kappa shape index (κ2) is 16.6. The van der Waals surface area contributed by atoms with Crippen LogP contribution in [-0.2, 0) is 31.0 Å². The van der Waals surface area contributed by atoms with Crippen molar-refractivity contribution >= 4 is 12.3 Å². The quantitative estimate of drug-likeness (QED) is 0.129. The third-order valence-corrected chi connectivity index (χ3v) is 6.38. The maximum Gasteiger partial charge on any atom is 0.252 e. The molecule has 0 spiro atoms. The minimum atomic E-state index is -0.675. The highest BCUT2D eigenvalue weighted by Gasteiger charge is 2.19. The van der Waals surface area contributed by atoms with E-state index in [1.807, 2.05) is 60.7 Å². The highest BCUT2D eigenvalue weighted by atomic mass is 16.3. The number of nitrogens with zero attached hydrogens (tertiary/aromatic N) is 6. The molecule has 0 fully saturated rings. The van der Waals surface area contributed by atoms with Gasteiger partial charge in [0.25, 0.3) is 5.91 Å². The lowest BCUT2D eigenvalue weighted by molar-refractivity contribution is -0.109. The molecular weight excluding hydrogens is 532 g/mol. The summed E-state index contributed by atoms with van der Waals surface area (Å²) >= 11 is 0. The summed E-state index contributed by atoms with van der Waals surface area (Å²) in [7, 11) is 0. The van der Waals surface area contributed by atoms with Crippen molar-refractivity contribution in [1.29, 1.82) is 0 Å². The maximum atomic E-state index is 12.4. The van der Waals surface area contributed by atoms with Crippen LogP contribution in [-0.4, -0.2) is 79.4 Å². The normalized spacial score (nSPS) is 11.8. The molecule has 11 nitrogen and oxygen atoms in total. The SMILES string of the molecule is O=CNCCNC(=O)c1ccc(CN(Cc2ccccn2)CC(O)CN(Cc2ccccn2)Cc2ccccn2)nc1. The molecule has 0 aliphatic heterocycles. The molecule has 0 radical (unpaired) electrons. The van der Waals surface area contributed by atoms with E-state index in [1.165, 1.54) is 6.20 Å². The minimum Gasteiger partial charge on any atom is -0.390 e. The summed E-state index contributed by atoms with van der Waals surface area (Å²) in [5.74, 6) is -0.261. The number of hydrogen-bond donors (Lipinski definition) is 3. The van der Waals surface area contributed by atoms with Crippen molar-refractivity contribution in [2.75, 3.05) is 26.2 Å². The van der Waals surface area contributed by atoms with Crippen LogP contribution in [0.3, 0.4) is 0 Å². The fourth-order valence-electron chi connectivity index (χ4n) is 4.48. The van der Waals surface area contributed by atoms with E-state index in [9.17, 15) is 14.7 Å². The summed E-state index contributed by atoms with van der Waals surface area (Å²) in [6.07, 6.45) is 6.75. The number of aliphatic hydroxyl groups is 1. The van der Waals surface area contributed by atoms with E-state index >= 15 is 0 Å². The Morgan fingerprint density at radius 2 is 1.21 bits per heavy atom. The topological polar surface area (TPSA) is 136 Å². The van der Waals surface area contributed by atoms with Gasteiger partial charge in [0.15, 0.2) is 0 Å². The van der Waals surface area contributed by atoms with Crippen molar-refractivity contribution < 1.29 is 14.7 Å². The molecule has 218 valence electrons. The van der Waals surface area contributed by atoms with Crippen LogP contribution in [0.5, 0.6) is 0 Å². The molecule has 0 saturated heterocycles. The molecule has 0 aliphatic carbocycles. The van der Waals surface area contributed by atoms with E-state index in [-0.39, 0.29) is 5.91 Å². The molecule has 4 aromatic rings. The van der Waals surface area contributed by atoms with Gasteiger partial charge < -0.3 is 15.7 Å². The van der Waals surface area contributed by atoms with E-state index in [2.05, 4.69) is 40.4 Å². The lowest BCUT2D eigenvalue weighted by atomic mass is 10.2. The number of carbonyl (C=O) groups is 2. The van der Waals surface area contributed by atoms with Crippen LogP contribution < -0.4 is 10.6 Å². The van der Waals surface area contributed by atoms with Crippen molar-refractivity contribution in [3.05, 3.63) is 120 Å². The fourth-order valence-corrected chi connectivity index (χ4v) is 4.48. The van der Waals surface area contributed by atoms with E-state index in [1.54, 1.807) is 24.7 Å². The highest BCUT2D eigenvalue weighted by Crippen LogP contribution is 2.12. The number of amides is 2. The molecule has 1 unspecified atom stereocenters. The smallest absolute Gasteiger partial charge is 0.252 e. The van der Waals surface area contributed by atoms with Gasteiger partial charge in [-0.1, -0.05) is 18.2 Å². The van der Waals surface area contributed by atoms with E-state index in [0.29, 0.717) is 64.3 Å². The number of rotatable bonds is 17. The zero-order chi connectivity index (χ0) is 29.4. The zero-order valence-electron chi connectivity index (χ0n) is 23.4. The van der Waals surface area contributed by atoms with E-state index < -0.39 is 6.10 Å². The molecule has 42 heavy (non-hydrogen) atoms. The molecular formula is C31H36N8O3. The molecule has 3 N–H and O–H groups in total. The Balaban J connectivity index is 1.42. The first kappa shape index (κ1) is 30.4. The first-order chi connectivity index (χ1) is 20.6. The number of nitrogens with one attached hydrogen (secondary N) is 2. The Bertz CT molecular complexity index is 1300. The van der Waals surface area contributed by atoms with E-state index in [0.717, 1.165) is 22.8 Å². The van der Waals surface area contributed by atoms with Gasteiger partial charge in [0, 0.05) is 77.1 Å². The Kier molecular flexibility index (Phi) is 12.0. The minimum absolute atomic E-state index is 0.261. The summed E-state index contributed by atoms with van der Waals surface area (Å²) in [6.45, 7) is 3.60. The van der Waals surface area contributed by atoms with Gasteiger partial charge in [-0.25, -0.2) is 0 Å². The van der Waals surface area contributed by atoms with Crippen LogP contribution in [0.4, 0.5) is 0 Å². The molecule has 0 aliphatic rings. The van der Waals surface area contributed by atoms with E-state index in [4.69, 9.17) is 0 Å². The van der Waals surface area contributed by atoms with Crippen molar-refractivity contribution in [3.63, 3.8) is 0 Å². The molecule has 2 amide bonds. The number of carbonyl (C=O) groups excluding carboxylic acids is 2. The lowest BCUT2D eigenvalue weighted by Gasteiger charge is -2.29. The number of pyridine rings is 4. The fraction of sp³-hybridized carbons (Fsp3) is 0.290. The molecule has 4 heterocycles. The Labute approximate surface area is 245 Å². The lowest BCUT2D eigenvalue weighted by Crippen LogP contribution is -2.40. The van der Waals surface area contributed by atoms with Gasteiger partial charge in [-0.2, -0.15) is 0 Å². The van der Waals surface area contributed by atoms with Gasteiger partial charge in [0.2, 0.25) is 6.41 Å². The summed E-state index contributed by atoms with van der Waals surface area (Å²) in [5.41, 5.74) is 3.90. The molecule has 1 atom stereocenters. The van der Waals surface area contributed by atoms with Crippen molar-refractivity contribution in [3.8, 4) is 0 Å². The second-order valence-corrected chi connectivity index (χ2v) is 9.82. The predicted molar refractivity (Wildman–Crippen MR) is 158 cm³/mol. The Morgan fingerprint density at radius 1 is 0.714 bits per heavy atom. The third-order valence-electron chi connectivity index (χ3n) is 6.38. The molecule has 11 heteroatoms. The average molecular weight is 569 g/mol. The van der Waals surface area contributed by atoms with Crippen molar-refractivity contribution in [2.24, 2.45) is 0 Å². The van der Waals surface area contributed by atoms with Crippen molar-refractivity contribution in [1.82, 2.24) is 40.4 Å². The predicted octanol–water partition coefficient (Wildman–Crippen LogP) is 1.81. The Morgan fingerprint density at radius 3 is 1.62 bits per heavy atom. The van der Waals surface area contributed by atoms with Gasteiger partial charge in [0.05, 0.1) is 34.4 Å². The van der Waals surface area contributed by atoms with Crippen LogP contribution in [0.15, 0.2) is 91.5 Å². The third kappa shape index (κ3) is 10.4. The summed E-state index contributed by atoms with van der Waals surface area (Å²) in [4.78, 5) is 44.9. The maximum absolute atomic E-state index is 12.4. The Hall–Kier alpha value is -4.58. The van der Waals surface area contributed by atoms with Gasteiger partial charge >= 0.3 is 0 Å². The number of aliphatic hydroxyl groups excluding tert-OH is 1. The van der Waals surface area contributed by atoms with Gasteiger partial charge in [0.1, 0.15) is 0 Å². The van der Waals surface area contributed by atoms with Gasteiger partial charge in [-0.3, -0.25) is 39.3 Å². The standard InChI is InChI=1S/C31H36N8O3/c40-24-32-15-16-36-31(42)25-10-11-29(37-17-25)21-39(20-28-9-3-6-14-35-28)23-30(41)22-38(18-26-7-1-4-12-33-26)19-27-8-2-5-13-34-27/h1-14,17,24,30,41H,15-16,18-23H2,(H,32,40)(H,36,42). The highest BCUT2D eigenvalue weighted by molar-refractivity contribution is 5.93. The molecule has 4 aromatic heterocycles. The summed E-state index contributed by atoms with van der Waals surface area (Å²) in [6, 6.07) is 20.9. The van der Waals surface area contributed by atoms with Crippen LogP contribution in [0.2, 0.25) is 0 Å². The first-order valence-electron chi connectivity index (χ1n) is 13.8. The number of aromatic nitrogens is 4. The van der Waals surface area contributed by atoms with Crippen LogP contribution in [0.25, 0.3) is 0 Å². The zero-order valence-corrected chi connectivity index (χ0v) is 23.4. The molecule has 0 aromatic carbocycles. The van der Waals surface area contributed by atoms with Crippen molar-refractivity contribution in [2.45, 2.75) is 32.3 Å². The summed E-state index contributed by atoms with van der Waals surface area (Å²) < 4.78 is 0. The molecule has 0 bridgehead atoms. The van der Waals surface area contributed by atoms with Gasteiger partial charge in [-0.05, 0) is 48.5 Å². The summed E-state index contributed by atoms with van der Waals surface area (Å²) in [5, 5.41) is 16.5. The second-order valence-electron chi connectivity index (χ2n) is 9.82. The van der Waals surface area contributed by atoms with Gasteiger partial charge in [-0.15, -0.1) is 0 Å².